The van der Waals surface area contributed by atoms with E-state index in [0.717, 1.165) is 22.6 Å². The van der Waals surface area contributed by atoms with Gasteiger partial charge in [0.25, 0.3) is 0 Å². The van der Waals surface area contributed by atoms with E-state index in [9.17, 15) is 19.5 Å². The zero-order valence-corrected chi connectivity index (χ0v) is 27.0. The molecule has 0 fully saturated rings. The number of carbonyl (C=O) groups is 3. The maximum atomic E-state index is 13.5. The second-order valence-electron chi connectivity index (χ2n) is 11.5. The van der Waals surface area contributed by atoms with Crippen molar-refractivity contribution in [3.05, 3.63) is 114 Å². The van der Waals surface area contributed by atoms with E-state index in [0.29, 0.717) is 44.5 Å². The highest BCUT2D eigenvalue weighted by atomic mass is 32.2. The molecule has 2 amide bonds. The van der Waals surface area contributed by atoms with E-state index < -0.39 is 12.0 Å². The van der Waals surface area contributed by atoms with E-state index in [-0.39, 0.29) is 43.5 Å². The first kappa shape index (κ1) is 34.8. The number of allylic oxidation sites excluding steroid dienone is 2. The van der Waals surface area contributed by atoms with Crippen molar-refractivity contribution in [2.24, 2.45) is 5.92 Å². The minimum atomic E-state index is -0.602. The topological polar surface area (TPSA) is 114 Å². The van der Waals surface area contributed by atoms with Gasteiger partial charge in [-0.2, -0.15) is 11.8 Å². The third-order valence-corrected chi connectivity index (χ3v) is 8.78. The number of esters is 1. The minimum Gasteiger partial charge on any atom is -0.489 e. The summed E-state index contributed by atoms with van der Waals surface area (Å²) in [5.74, 6) is 0.622. The molecule has 0 aliphatic carbocycles. The SMILES string of the molecule is O=C(C[C@H]1CC=CCCCC(=O)OC[C@H](CSCc2ccccc2)NC1=O)N[C@H](CO)Cc1ccc(OCc2ccccc2)cc1. The largest absolute Gasteiger partial charge is 0.489 e. The van der Waals surface area contributed by atoms with Crippen LogP contribution in [0.5, 0.6) is 5.75 Å². The molecule has 3 aromatic carbocycles. The average Bonchev–Trinajstić information content (AvgIpc) is 3.09. The number of benzene rings is 3. The third kappa shape index (κ3) is 12.7. The van der Waals surface area contributed by atoms with Crippen LogP contribution in [0.3, 0.4) is 0 Å². The highest BCUT2D eigenvalue weighted by Crippen LogP contribution is 2.18. The summed E-state index contributed by atoms with van der Waals surface area (Å²) in [5.41, 5.74) is 3.20. The van der Waals surface area contributed by atoms with Crippen LogP contribution in [0.1, 0.15) is 48.8 Å². The lowest BCUT2D eigenvalue weighted by Crippen LogP contribution is -2.45. The van der Waals surface area contributed by atoms with Crippen molar-refractivity contribution in [1.29, 1.82) is 0 Å². The van der Waals surface area contributed by atoms with Gasteiger partial charge in [0, 0.05) is 24.3 Å². The Morgan fingerprint density at radius 1 is 0.957 bits per heavy atom. The summed E-state index contributed by atoms with van der Waals surface area (Å²) in [5, 5.41) is 16.0. The first-order chi connectivity index (χ1) is 22.5. The quantitative estimate of drug-likeness (QED) is 0.169. The van der Waals surface area contributed by atoms with Gasteiger partial charge in [-0.05, 0) is 54.5 Å². The zero-order chi connectivity index (χ0) is 32.4. The standard InChI is InChI=1S/C37H44N2O6S/c40-23-32(21-28-17-19-34(20-18-28)44-24-29-11-5-3-6-12-29)38-35(41)22-31-15-9-1-2-10-16-36(42)45-25-33(39-37(31)43)27-46-26-30-13-7-4-8-14-30/h1,3-9,11-14,17-20,31-33,40H,2,10,15-16,21-27H2,(H,38,41)(H,39,43)/t31-,32+,33-/m1/s1. The number of carbonyl (C=O) groups excluding carboxylic acids is 3. The molecule has 244 valence electrons. The summed E-state index contributed by atoms with van der Waals surface area (Å²) >= 11 is 1.65. The summed E-state index contributed by atoms with van der Waals surface area (Å²) in [6.45, 7) is 0.320. The molecule has 46 heavy (non-hydrogen) atoms. The van der Waals surface area contributed by atoms with E-state index in [4.69, 9.17) is 9.47 Å². The average molecular weight is 645 g/mol. The first-order valence-electron chi connectivity index (χ1n) is 15.9. The monoisotopic (exact) mass is 644 g/mol. The van der Waals surface area contributed by atoms with Gasteiger partial charge in [0.15, 0.2) is 0 Å². The second kappa shape index (κ2) is 19.4. The molecule has 3 aromatic rings. The van der Waals surface area contributed by atoms with Crippen LogP contribution < -0.4 is 15.4 Å². The molecule has 1 heterocycles. The molecule has 9 heteroatoms. The molecule has 0 spiro atoms. The maximum absolute atomic E-state index is 13.5. The fourth-order valence-corrected chi connectivity index (χ4v) is 6.06. The van der Waals surface area contributed by atoms with Crippen LogP contribution in [0.4, 0.5) is 0 Å². The van der Waals surface area contributed by atoms with E-state index in [1.54, 1.807) is 11.8 Å². The summed E-state index contributed by atoms with van der Waals surface area (Å²) in [7, 11) is 0. The lowest BCUT2D eigenvalue weighted by Gasteiger charge is -2.23. The number of cyclic esters (lactones) is 1. The Labute approximate surface area is 276 Å². The predicted molar refractivity (Wildman–Crippen MR) is 181 cm³/mol. The highest BCUT2D eigenvalue weighted by Gasteiger charge is 2.25. The van der Waals surface area contributed by atoms with E-state index >= 15 is 0 Å². The number of aliphatic hydroxyl groups is 1. The Hall–Kier alpha value is -4.08. The molecule has 3 N–H and O–H groups in total. The summed E-state index contributed by atoms with van der Waals surface area (Å²) in [6, 6.07) is 26.7. The molecule has 0 unspecified atom stereocenters. The highest BCUT2D eigenvalue weighted by molar-refractivity contribution is 7.98. The van der Waals surface area contributed by atoms with Crippen molar-refractivity contribution < 1.29 is 29.0 Å². The van der Waals surface area contributed by atoms with Gasteiger partial charge in [-0.1, -0.05) is 84.9 Å². The van der Waals surface area contributed by atoms with Gasteiger partial charge in [0.2, 0.25) is 11.8 Å². The lowest BCUT2D eigenvalue weighted by atomic mass is 9.98. The van der Waals surface area contributed by atoms with E-state index in [1.807, 2.05) is 97.1 Å². The van der Waals surface area contributed by atoms with E-state index in [2.05, 4.69) is 10.6 Å². The Bertz CT molecular complexity index is 1380. The van der Waals surface area contributed by atoms with Crippen molar-refractivity contribution in [3.8, 4) is 5.75 Å². The number of amides is 2. The molecule has 0 saturated heterocycles. The van der Waals surface area contributed by atoms with Crippen molar-refractivity contribution >= 4 is 29.5 Å². The van der Waals surface area contributed by atoms with Crippen LogP contribution in [0.25, 0.3) is 0 Å². The molecule has 1 aliphatic rings. The minimum absolute atomic E-state index is 0.0252. The van der Waals surface area contributed by atoms with Gasteiger partial charge >= 0.3 is 5.97 Å². The Morgan fingerprint density at radius 3 is 2.39 bits per heavy atom. The van der Waals surface area contributed by atoms with Crippen LogP contribution >= 0.6 is 11.8 Å². The molecule has 1 aliphatic heterocycles. The molecular weight excluding hydrogens is 600 g/mol. The first-order valence-corrected chi connectivity index (χ1v) is 17.0. The fraction of sp³-hybridized carbons (Fsp3) is 0.378. The molecule has 0 saturated carbocycles. The summed E-state index contributed by atoms with van der Waals surface area (Å²) < 4.78 is 11.4. The number of nitrogens with one attached hydrogen (secondary N) is 2. The van der Waals surface area contributed by atoms with Crippen LogP contribution in [0, 0.1) is 5.92 Å². The second-order valence-corrected chi connectivity index (χ2v) is 12.5. The van der Waals surface area contributed by atoms with Gasteiger partial charge in [0.05, 0.1) is 24.6 Å². The van der Waals surface area contributed by atoms with Crippen molar-refractivity contribution in [3.63, 3.8) is 0 Å². The smallest absolute Gasteiger partial charge is 0.305 e. The number of ether oxygens (including phenoxy) is 2. The Morgan fingerprint density at radius 2 is 1.67 bits per heavy atom. The Balaban J connectivity index is 1.31. The lowest BCUT2D eigenvalue weighted by molar-refractivity contribution is -0.145. The fourth-order valence-electron chi connectivity index (χ4n) is 5.05. The summed E-state index contributed by atoms with van der Waals surface area (Å²) in [4.78, 5) is 38.9. The molecule has 4 rings (SSSR count). The predicted octanol–water partition coefficient (Wildman–Crippen LogP) is 5.38. The maximum Gasteiger partial charge on any atom is 0.305 e. The van der Waals surface area contributed by atoms with Gasteiger partial charge < -0.3 is 25.2 Å². The normalized spacial score (nSPS) is 18.2. The molecular formula is C37H44N2O6S. The Kier molecular flexibility index (Phi) is 14.7. The van der Waals surface area contributed by atoms with Crippen molar-refractivity contribution in [2.45, 2.75) is 63.0 Å². The van der Waals surface area contributed by atoms with Crippen LogP contribution in [-0.2, 0) is 37.9 Å². The van der Waals surface area contributed by atoms with Gasteiger partial charge in [0.1, 0.15) is 19.0 Å². The number of thioether (sulfide) groups is 1. The number of rotatable bonds is 13. The molecule has 8 nitrogen and oxygen atoms in total. The van der Waals surface area contributed by atoms with Gasteiger partial charge in [-0.3, -0.25) is 14.4 Å². The number of aliphatic hydroxyl groups excluding tert-OH is 1. The number of hydrogen-bond donors (Lipinski definition) is 3. The van der Waals surface area contributed by atoms with Crippen molar-refractivity contribution in [1.82, 2.24) is 10.6 Å². The number of hydrogen-bond acceptors (Lipinski definition) is 7. The van der Waals surface area contributed by atoms with Crippen LogP contribution in [0.2, 0.25) is 0 Å². The molecule has 0 aromatic heterocycles. The van der Waals surface area contributed by atoms with Gasteiger partial charge in [-0.15, -0.1) is 0 Å². The summed E-state index contributed by atoms with van der Waals surface area (Å²) in [6.07, 6.45) is 6.33. The molecule has 3 atom stereocenters. The third-order valence-electron chi connectivity index (χ3n) is 7.60. The van der Waals surface area contributed by atoms with Crippen LogP contribution in [-0.4, -0.2) is 53.9 Å². The molecule has 0 bridgehead atoms. The van der Waals surface area contributed by atoms with Gasteiger partial charge in [-0.25, -0.2) is 0 Å². The van der Waals surface area contributed by atoms with Crippen LogP contribution in [0.15, 0.2) is 97.1 Å². The van der Waals surface area contributed by atoms with Crippen molar-refractivity contribution in [2.75, 3.05) is 19.0 Å². The zero-order valence-electron chi connectivity index (χ0n) is 26.1. The van der Waals surface area contributed by atoms with E-state index in [1.165, 1.54) is 5.56 Å². The molecule has 0 radical (unpaired) electrons.